The topological polar surface area (TPSA) is 144 Å². The fourth-order valence-electron chi connectivity index (χ4n) is 5.05. The Bertz CT molecular complexity index is 1860. The molecule has 0 saturated carbocycles. The fraction of sp³-hybridized carbons (Fsp3) is 0.179. The Kier molecular flexibility index (Phi) is 7.13. The number of hydrogen-bond donors (Lipinski definition) is 2. The van der Waals surface area contributed by atoms with Gasteiger partial charge in [0.2, 0.25) is 5.28 Å². The quantitative estimate of drug-likeness (QED) is 0.264. The van der Waals surface area contributed by atoms with Crippen LogP contribution in [0, 0.1) is 0 Å². The molecule has 5 heterocycles. The minimum Gasteiger partial charge on any atom is -0.382 e. The highest BCUT2D eigenvalue weighted by Crippen LogP contribution is 2.37. The van der Waals surface area contributed by atoms with E-state index in [1.54, 1.807) is 27.6 Å². The van der Waals surface area contributed by atoms with Gasteiger partial charge < -0.3 is 16.0 Å². The number of anilines is 2. The number of carbonyl (C=O) groups is 2. The lowest BCUT2D eigenvalue weighted by atomic mass is 10.1. The molecule has 2 amide bonds. The standard InChI is InChI=1S/C28H21ClF3N9O2/c29-27-36-10-8-18(37-27)26(43)40-12-1-2-19(40)24-39-21(22-23(33)35-11-13-41(22)24)15-3-5-16(6-4-15)25(42)38-20-14-17(7-9-34-20)28(30,31)32/h3-11,13-14,19H,1-2,12H2,(H2,33,35)(H,34,38,42)/t19-/m0/s1. The minimum atomic E-state index is -4.57. The van der Waals surface area contributed by atoms with Crippen LogP contribution in [0.2, 0.25) is 5.28 Å². The van der Waals surface area contributed by atoms with Crippen molar-refractivity contribution in [2.75, 3.05) is 17.6 Å². The molecule has 1 aromatic carbocycles. The van der Waals surface area contributed by atoms with E-state index in [-0.39, 0.29) is 34.1 Å². The average molecular weight is 608 g/mol. The number of nitrogen functional groups attached to an aromatic ring is 1. The highest BCUT2D eigenvalue weighted by Gasteiger charge is 2.35. The van der Waals surface area contributed by atoms with Gasteiger partial charge in [0, 0.05) is 42.5 Å². The van der Waals surface area contributed by atoms with Crippen molar-refractivity contribution in [3.05, 3.63) is 95.2 Å². The number of amides is 2. The smallest absolute Gasteiger partial charge is 0.382 e. The van der Waals surface area contributed by atoms with Crippen molar-refractivity contribution in [3.63, 3.8) is 0 Å². The molecule has 43 heavy (non-hydrogen) atoms. The van der Waals surface area contributed by atoms with Crippen LogP contribution in [-0.2, 0) is 6.18 Å². The Morgan fingerprint density at radius 3 is 2.51 bits per heavy atom. The molecule has 0 bridgehead atoms. The SMILES string of the molecule is Nc1nccn2c([C@@H]3CCCN3C(=O)c3ccnc(Cl)n3)nc(-c3ccc(C(=O)Nc4cc(C(F)(F)F)ccn4)cc3)c12. The molecule has 1 atom stereocenters. The van der Waals surface area contributed by atoms with Gasteiger partial charge in [-0.25, -0.2) is 24.9 Å². The number of likely N-dealkylation sites (tertiary alicyclic amines) is 1. The number of halogens is 4. The molecule has 3 N–H and O–H groups in total. The maximum Gasteiger partial charge on any atom is 0.416 e. The normalized spacial score (nSPS) is 15.2. The highest BCUT2D eigenvalue weighted by molar-refractivity contribution is 6.28. The zero-order chi connectivity index (χ0) is 30.3. The van der Waals surface area contributed by atoms with Crippen molar-refractivity contribution < 1.29 is 22.8 Å². The average Bonchev–Trinajstić information content (AvgIpc) is 3.62. The van der Waals surface area contributed by atoms with Gasteiger partial charge in [-0.3, -0.25) is 14.0 Å². The number of benzene rings is 1. The molecule has 0 aliphatic carbocycles. The lowest BCUT2D eigenvalue weighted by molar-refractivity contribution is -0.137. The minimum absolute atomic E-state index is 0.0304. The van der Waals surface area contributed by atoms with E-state index in [0.29, 0.717) is 35.6 Å². The Hall–Kier alpha value is -5.11. The molecular weight excluding hydrogens is 587 g/mol. The number of nitrogens with zero attached hydrogens (tertiary/aromatic N) is 7. The Morgan fingerprint density at radius 1 is 1.00 bits per heavy atom. The molecule has 11 nitrogen and oxygen atoms in total. The van der Waals surface area contributed by atoms with Crippen LogP contribution >= 0.6 is 11.6 Å². The van der Waals surface area contributed by atoms with E-state index in [2.05, 4.69) is 25.3 Å². The summed E-state index contributed by atoms with van der Waals surface area (Å²) in [6.07, 6.45) is 2.46. The van der Waals surface area contributed by atoms with E-state index in [0.717, 1.165) is 24.8 Å². The first-order chi connectivity index (χ1) is 20.6. The highest BCUT2D eigenvalue weighted by atomic mass is 35.5. The van der Waals surface area contributed by atoms with Gasteiger partial charge in [-0.1, -0.05) is 12.1 Å². The van der Waals surface area contributed by atoms with Crippen molar-refractivity contribution >= 4 is 40.6 Å². The molecule has 5 aromatic rings. The number of hydrogen-bond acceptors (Lipinski definition) is 8. The zero-order valence-electron chi connectivity index (χ0n) is 22.1. The first-order valence-electron chi connectivity index (χ1n) is 13.0. The monoisotopic (exact) mass is 607 g/mol. The Balaban J connectivity index is 1.30. The summed E-state index contributed by atoms with van der Waals surface area (Å²) in [6, 6.07) is 9.01. The van der Waals surface area contributed by atoms with Crippen molar-refractivity contribution in [1.82, 2.24) is 34.2 Å². The summed E-state index contributed by atoms with van der Waals surface area (Å²) in [5, 5.41) is 2.36. The molecule has 1 fully saturated rings. The number of rotatable bonds is 5. The van der Waals surface area contributed by atoms with Gasteiger partial charge in [-0.05, 0) is 54.8 Å². The summed E-state index contributed by atoms with van der Waals surface area (Å²) in [7, 11) is 0. The molecule has 0 spiro atoms. The van der Waals surface area contributed by atoms with Crippen molar-refractivity contribution in [1.29, 1.82) is 0 Å². The van der Waals surface area contributed by atoms with Crippen LogP contribution in [0.25, 0.3) is 16.8 Å². The first kappa shape index (κ1) is 28.0. The fourth-order valence-corrected chi connectivity index (χ4v) is 5.19. The van der Waals surface area contributed by atoms with Gasteiger partial charge >= 0.3 is 6.18 Å². The second-order valence-electron chi connectivity index (χ2n) is 9.68. The van der Waals surface area contributed by atoms with Crippen LogP contribution in [-0.4, -0.2) is 52.6 Å². The van der Waals surface area contributed by atoms with Crippen LogP contribution in [0.5, 0.6) is 0 Å². The largest absolute Gasteiger partial charge is 0.416 e. The summed E-state index contributed by atoms with van der Waals surface area (Å²) in [6.45, 7) is 0.487. The van der Waals surface area contributed by atoms with Crippen LogP contribution in [0.15, 0.2) is 67.3 Å². The molecule has 218 valence electrons. The molecular formula is C28H21ClF3N9O2. The van der Waals surface area contributed by atoms with E-state index >= 15 is 0 Å². The number of carbonyl (C=O) groups excluding carboxylic acids is 2. The maximum atomic E-state index is 13.4. The molecule has 1 aliphatic heterocycles. The van der Waals surface area contributed by atoms with Gasteiger partial charge in [0.05, 0.1) is 11.6 Å². The summed E-state index contributed by atoms with van der Waals surface area (Å²) in [5.74, 6) is -0.389. The van der Waals surface area contributed by atoms with E-state index < -0.39 is 23.7 Å². The molecule has 0 unspecified atom stereocenters. The summed E-state index contributed by atoms with van der Waals surface area (Å²) in [4.78, 5) is 48.6. The van der Waals surface area contributed by atoms with E-state index in [9.17, 15) is 22.8 Å². The van der Waals surface area contributed by atoms with Crippen molar-refractivity contribution in [2.45, 2.75) is 25.1 Å². The number of fused-ring (bicyclic) bond motifs is 1. The van der Waals surface area contributed by atoms with Crippen LogP contribution in [0.4, 0.5) is 24.8 Å². The summed E-state index contributed by atoms with van der Waals surface area (Å²) >= 11 is 5.91. The van der Waals surface area contributed by atoms with Crippen LogP contribution < -0.4 is 11.1 Å². The van der Waals surface area contributed by atoms with Crippen LogP contribution in [0.1, 0.15) is 51.1 Å². The van der Waals surface area contributed by atoms with Gasteiger partial charge in [-0.15, -0.1) is 0 Å². The third kappa shape index (κ3) is 5.44. The van der Waals surface area contributed by atoms with E-state index in [1.165, 1.54) is 30.6 Å². The third-order valence-electron chi connectivity index (χ3n) is 7.02. The lowest BCUT2D eigenvalue weighted by Crippen LogP contribution is -2.32. The molecule has 0 radical (unpaired) electrons. The number of nitrogens with one attached hydrogen (secondary N) is 1. The number of imidazole rings is 1. The maximum absolute atomic E-state index is 13.4. The van der Waals surface area contributed by atoms with Crippen LogP contribution in [0.3, 0.4) is 0 Å². The molecule has 1 aliphatic rings. The second-order valence-corrected chi connectivity index (χ2v) is 10.0. The predicted molar refractivity (Wildman–Crippen MR) is 150 cm³/mol. The summed E-state index contributed by atoms with van der Waals surface area (Å²) < 4.78 is 40.9. The Labute approximate surface area is 246 Å². The zero-order valence-corrected chi connectivity index (χ0v) is 22.8. The summed E-state index contributed by atoms with van der Waals surface area (Å²) in [5.41, 5.74) is 7.32. The van der Waals surface area contributed by atoms with Crippen molar-refractivity contribution in [2.24, 2.45) is 0 Å². The van der Waals surface area contributed by atoms with Gasteiger partial charge in [0.1, 0.15) is 34.4 Å². The van der Waals surface area contributed by atoms with Gasteiger partial charge in [0.15, 0.2) is 0 Å². The molecule has 4 aromatic heterocycles. The second kappa shape index (κ2) is 10.9. The third-order valence-corrected chi connectivity index (χ3v) is 7.20. The first-order valence-corrected chi connectivity index (χ1v) is 13.3. The van der Waals surface area contributed by atoms with E-state index in [4.69, 9.17) is 22.3 Å². The van der Waals surface area contributed by atoms with Gasteiger partial charge in [-0.2, -0.15) is 13.2 Å². The van der Waals surface area contributed by atoms with E-state index in [1.807, 2.05) is 0 Å². The number of aromatic nitrogens is 6. The predicted octanol–water partition coefficient (Wildman–Crippen LogP) is 5.07. The van der Waals surface area contributed by atoms with Gasteiger partial charge in [0.25, 0.3) is 11.8 Å². The van der Waals surface area contributed by atoms with Crippen molar-refractivity contribution in [3.8, 4) is 11.3 Å². The number of nitrogens with two attached hydrogens (primary N) is 1. The molecule has 6 rings (SSSR count). The molecule has 15 heteroatoms. The lowest BCUT2D eigenvalue weighted by Gasteiger charge is -2.23. The number of pyridine rings is 1. The Morgan fingerprint density at radius 2 is 1.77 bits per heavy atom. The molecule has 1 saturated heterocycles. The number of alkyl halides is 3.